The van der Waals surface area contributed by atoms with Gasteiger partial charge in [0.25, 0.3) is 0 Å². The second-order valence-corrected chi connectivity index (χ2v) is 4.43. The fourth-order valence-corrected chi connectivity index (χ4v) is 1.92. The lowest BCUT2D eigenvalue weighted by Crippen LogP contribution is -1.88. The van der Waals surface area contributed by atoms with Gasteiger partial charge in [0.2, 0.25) is 0 Å². The van der Waals surface area contributed by atoms with Gasteiger partial charge < -0.3 is 4.42 Å². The van der Waals surface area contributed by atoms with Crippen LogP contribution in [0, 0.1) is 0 Å². The maximum atomic E-state index is 12.7. The summed E-state index contributed by atoms with van der Waals surface area (Å²) in [5, 5.41) is 0.476. The van der Waals surface area contributed by atoms with Gasteiger partial charge in [-0.25, -0.2) is 0 Å². The molecule has 0 fully saturated rings. The highest BCUT2D eigenvalue weighted by molar-refractivity contribution is 7.86. The first kappa shape index (κ1) is 9.48. The van der Waals surface area contributed by atoms with E-state index in [1.165, 1.54) is 18.2 Å². The van der Waals surface area contributed by atoms with Gasteiger partial charge in [0.15, 0.2) is 0 Å². The quantitative estimate of drug-likeness (QED) is 0.713. The minimum atomic E-state index is -4.76. The van der Waals surface area contributed by atoms with Gasteiger partial charge in [-0.1, -0.05) is 11.6 Å². The molecule has 1 aromatic heterocycles. The molecule has 2 aromatic rings. The lowest BCUT2D eigenvalue weighted by molar-refractivity contribution is 0.547. The zero-order valence-corrected chi connectivity index (χ0v) is 8.27. The van der Waals surface area contributed by atoms with Crippen LogP contribution in [0.5, 0.6) is 0 Å². The van der Waals surface area contributed by atoms with Gasteiger partial charge in [-0.3, -0.25) is 0 Å². The van der Waals surface area contributed by atoms with Crippen LogP contribution >= 0.6 is 11.6 Å². The van der Waals surface area contributed by atoms with Crippen molar-refractivity contribution in [3.05, 3.63) is 29.5 Å². The molecular weight excluding hydrogens is 231 g/mol. The topological polar surface area (TPSA) is 47.3 Å². The highest BCUT2D eigenvalue weighted by Gasteiger charge is 2.19. The van der Waals surface area contributed by atoms with Gasteiger partial charge in [-0.05, 0) is 18.2 Å². The maximum absolute atomic E-state index is 12.7. The number of hydrogen-bond donors (Lipinski definition) is 0. The summed E-state index contributed by atoms with van der Waals surface area (Å²) in [5.74, 6) is 0. The smallest absolute Gasteiger partial charge is 0.335 e. The molecule has 0 aliphatic carbocycles. The zero-order valence-electron chi connectivity index (χ0n) is 6.70. The monoisotopic (exact) mass is 234 g/mol. The minimum Gasteiger partial charge on any atom is -0.463 e. The Morgan fingerprint density at radius 2 is 2.07 bits per heavy atom. The summed E-state index contributed by atoms with van der Waals surface area (Å²) in [6.07, 6.45) is 0.857. The third-order valence-electron chi connectivity index (χ3n) is 1.76. The van der Waals surface area contributed by atoms with Crippen LogP contribution in [0.1, 0.15) is 0 Å². The average Bonchev–Trinajstić information content (AvgIpc) is 2.45. The fourth-order valence-electron chi connectivity index (χ4n) is 1.17. The van der Waals surface area contributed by atoms with Crippen LogP contribution in [-0.4, -0.2) is 8.42 Å². The molecule has 2 rings (SSSR count). The molecule has 0 aliphatic rings. The summed E-state index contributed by atoms with van der Waals surface area (Å²) in [6, 6.07) is 4.35. The van der Waals surface area contributed by atoms with Crippen molar-refractivity contribution in [3.63, 3.8) is 0 Å². The molecule has 0 saturated carbocycles. The van der Waals surface area contributed by atoms with Crippen molar-refractivity contribution in [2.24, 2.45) is 0 Å². The van der Waals surface area contributed by atoms with Crippen LogP contribution in [0.25, 0.3) is 11.0 Å². The molecule has 1 aromatic carbocycles. The van der Waals surface area contributed by atoms with Crippen molar-refractivity contribution in [2.75, 3.05) is 0 Å². The lowest BCUT2D eigenvalue weighted by Gasteiger charge is -1.91. The van der Waals surface area contributed by atoms with E-state index in [0.717, 1.165) is 6.26 Å². The summed E-state index contributed by atoms with van der Waals surface area (Å²) < 4.78 is 38.8. The molecule has 0 N–H and O–H groups in total. The molecule has 0 amide bonds. The van der Waals surface area contributed by atoms with Crippen molar-refractivity contribution in [2.45, 2.75) is 4.90 Å². The Labute approximate surface area is 84.3 Å². The molecule has 0 atom stereocenters. The normalized spacial score (nSPS) is 12.1. The Balaban J connectivity index is 2.87. The minimum absolute atomic E-state index is 0.153. The van der Waals surface area contributed by atoms with E-state index in [4.69, 9.17) is 16.0 Å². The van der Waals surface area contributed by atoms with E-state index in [1.54, 1.807) is 0 Å². The van der Waals surface area contributed by atoms with Crippen molar-refractivity contribution >= 4 is 32.8 Å². The van der Waals surface area contributed by atoms with Gasteiger partial charge >= 0.3 is 10.2 Å². The molecular formula is C8H4ClFO3S. The third kappa shape index (κ3) is 1.49. The molecule has 0 radical (unpaired) electrons. The summed E-state index contributed by atoms with van der Waals surface area (Å²) in [4.78, 5) is -0.491. The Morgan fingerprint density at radius 1 is 1.36 bits per heavy atom. The summed E-state index contributed by atoms with van der Waals surface area (Å²) in [7, 11) is -4.76. The van der Waals surface area contributed by atoms with Crippen molar-refractivity contribution in [1.29, 1.82) is 0 Å². The second-order valence-electron chi connectivity index (χ2n) is 2.68. The number of hydrogen-bond acceptors (Lipinski definition) is 3. The summed E-state index contributed by atoms with van der Waals surface area (Å²) in [5.41, 5.74) is 0.283. The lowest BCUT2D eigenvalue weighted by atomic mass is 10.3. The number of rotatable bonds is 1. The molecule has 0 unspecified atom stereocenters. The van der Waals surface area contributed by atoms with Crippen LogP contribution in [0.3, 0.4) is 0 Å². The van der Waals surface area contributed by atoms with Crippen molar-refractivity contribution in [3.8, 4) is 0 Å². The van der Waals surface area contributed by atoms with E-state index in [2.05, 4.69) is 0 Å². The van der Waals surface area contributed by atoms with Crippen LogP contribution < -0.4 is 0 Å². The Morgan fingerprint density at radius 3 is 2.71 bits per heavy atom. The standard InChI is InChI=1S/C8H4ClFO3S/c9-5-1-2-7-6(3-5)8(4-13-7)14(10,11)12/h1-4H. The third-order valence-corrected chi connectivity index (χ3v) is 2.84. The summed E-state index contributed by atoms with van der Waals surface area (Å²) >= 11 is 5.64. The SMILES string of the molecule is O=S(=O)(F)c1coc2ccc(Cl)cc12. The Bertz CT molecular complexity index is 588. The van der Waals surface area contributed by atoms with E-state index in [-0.39, 0.29) is 11.0 Å². The number of halogens is 2. The Hall–Kier alpha value is -1.07. The largest absolute Gasteiger partial charge is 0.463 e. The van der Waals surface area contributed by atoms with Crippen LogP contribution in [0.2, 0.25) is 5.02 Å². The average molecular weight is 235 g/mol. The zero-order chi connectivity index (χ0) is 10.3. The maximum Gasteiger partial charge on any atom is 0.335 e. The fraction of sp³-hybridized carbons (Fsp3) is 0. The highest BCUT2D eigenvalue weighted by atomic mass is 35.5. The number of furan rings is 1. The van der Waals surface area contributed by atoms with Gasteiger partial charge in [0.1, 0.15) is 16.7 Å². The van der Waals surface area contributed by atoms with Gasteiger partial charge in [0, 0.05) is 10.4 Å². The van der Waals surface area contributed by atoms with Gasteiger partial charge in [-0.2, -0.15) is 8.42 Å². The molecule has 0 spiro atoms. The van der Waals surface area contributed by atoms with E-state index in [0.29, 0.717) is 5.02 Å². The first-order valence-electron chi connectivity index (χ1n) is 3.60. The van der Waals surface area contributed by atoms with E-state index >= 15 is 0 Å². The number of fused-ring (bicyclic) bond motifs is 1. The van der Waals surface area contributed by atoms with Crippen LogP contribution in [0.15, 0.2) is 33.8 Å². The molecule has 74 valence electrons. The first-order chi connectivity index (χ1) is 6.48. The molecule has 0 aliphatic heterocycles. The van der Waals surface area contributed by atoms with Crippen molar-refractivity contribution < 1.29 is 16.7 Å². The molecule has 1 heterocycles. The predicted octanol–water partition coefficient (Wildman–Crippen LogP) is 2.74. The summed E-state index contributed by atoms with van der Waals surface area (Å²) in [6.45, 7) is 0. The second kappa shape index (κ2) is 2.96. The van der Waals surface area contributed by atoms with Gasteiger partial charge in [-0.15, -0.1) is 3.89 Å². The van der Waals surface area contributed by atoms with Gasteiger partial charge in [0.05, 0.1) is 0 Å². The molecule has 3 nitrogen and oxygen atoms in total. The molecule has 6 heteroatoms. The van der Waals surface area contributed by atoms with E-state index in [1.807, 2.05) is 0 Å². The first-order valence-corrected chi connectivity index (χ1v) is 5.36. The van der Waals surface area contributed by atoms with Crippen LogP contribution in [-0.2, 0) is 10.2 Å². The Kier molecular flexibility index (Phi) is 2.01. The van der Waals surface area contributed by atoms with Crippen LogP contribution in [0.4, 0.5) is 3.89 Å². The molecule has 0 bridgehead atoms. The molecule has 14 heavy (non-hydrogen) atoms. The predicted molar refractivity (Wildman–Crippen MR) is 49.5 cm³/mol. The van der Waals surface area contributed by atoms with E-state index < -0.39 is 15.1 Å². The van der Waals surface area contributed by atoms with E-state index in [9.17, 15) is 12.3 Å². The van der Waals surface area contributed by atoms with Crippen molar-refractivity contribution in [1.82, 2.24) is 0 Å². The molecule has 0 saturated heterocycles. The number of benzene rings is 1. The highest BCUT2D eigenvalue weighted by Crippen LogP contribution is 2.28.